The summed E-state index contributed by atoms with van der Waals surface area (Å²) in [5.74, 6) is 0.126. The van der Waals surface area contributed by atoms with Crippen LogP contribution < -0.4 is 15.0 Å². The number of benzene rings is 2. The third kappa shape index (κ3) is 3.93. The molecule has 0 saturated heterocycles. The van der Waals surface area contributed by atoms with Crippen LogP contribution in [0.2, 0.25) is 0 Å². The van der Waals surface area contributed by atoms with Crippen LogP contribution >= 0.6 is 0 Å². The fourth-order valence-electron chi connectivity index (χ4n) is 3.19. The summed E-state index contributed by atoms with van der Waals surface area (Å²) in [5, 5.41) is 13.8. The van der Waals surface area contributed by atoms with Crippen molar-refractivity contribution in [3.8, 4) is 5.75 Å². The third-order valence-corrected chi connectivity index (χ3v) is 4.49. The first-order chi connectivity index (χ1) is 12.6. The van der Waals surface area contributed by atoms with E-state index in [9.17, 15) is 14.9 Å². The molecule has 136 valence electrons. The van der Waals surface area contributed by atoms with E-state index in [0.717, 1.165) is 19.4 Å². The summed E-state index contributed by atoms with van der Waals surface area (Å²) in [5.41, 5.74) is 2.47. The number of ether oxygens (including phenoxy) is 1. The van der Waals surface area contributed by atoms with Crippen LogP contribution in [-0.2, 0) is 11.2 Å². The lowest BCUT2D eigenvalue weighted by molar-refractivity contribution is -0.384. The molecule has 0 atom stereocenters. The zero-order chi connectivity index (χ0) is 18.5. The van der Waals surface area contributed by atoms with Gasteiger partial charge in [0.2, 0.25) is 5.91 Å². The summed E-state index contributed by atoms with van der Waals surface area (Å²) in [6.45, 7) is 1.49. The fourth-order valence-corrected chi connectivity index (χ4v) is 3.19. The molecule has 0 radical (unpaired) electrons. The van der Waals surface area contributed by atoms with Gasteiger partial charge in [-0.05, 0) is 36.6 Å². The maximum absolute atomic E-state index is 12.3. The number of fused-ring (bicyclic) bond motifs is 1. The summed E-state index contributed by atoms with van der Waals surface area (Å²) in [6.07, 6.45) is 2.37. The highest BCUT2D eigenvalue weighted by Crippen LogP contribution is 2.29. The number of rotatable bonds is 6. The summed E-state index contributed by atoms with van der Waals surface area (Å²) in [7, 11) is 1.44. The van der Waals surface area contributed by atoms with Crippen LogP contribution in [0.4, 0.5) is 17.1 Å². The van der Waals surface area contributed by atoms with E-state index in [2.05, 4.69) is 22.3 Å². The molecular formula is C19H21N3O4. The van der Waals surface area contributed by atoms with Crippen molar-refractivity contribution in [3.05, 3.63) is 58.1 Å². The van der Waals surface area contributed by atoms with Gasteiger partial charge in [0.25, 0.3) is 5.69 Å². The molecule has 1 aliphatic heterocycles. The predicted molar refractivity (Wildman–Crippen MR) is 99.9 cm³/mol. The second-order valence-electron chi connectivity index (χ2n) is 6.16. The molecule has 0 unspecified atom stereocenters. The fraction of sp³-hybridized carbons (Fsp3) is 0.316. The van der Waals surface area contributed by atoms with Gasteiger partial charge in [-0.15, -0.1) is 0 Å². The van der Waals surface area contributed by atoms with Gasteiger partial charge in [0.05, 0.1) is 18.1 Å². The van der Waals surface area contributed by atoms with Gasteiger partial charge in [0, 0.05) is 25.2 Å². The number of amides is 1. The van der Waals surface area contributed by atoms with Crippen molar-refractivity contribution < 1.29 is 14.5 Å². The second-order valence-corrected chi connectivity index (χ2v) is 6.16. The number of nitro groups is 1. The molecule has 2 aromatic carbocycles. The highest BCUT2D eigenvalue weighted by molar-refractivity contribution is 5.93. The summed E-state index contributed by atoms with van der Waals surface area (Å²) in [4.78, 5) is 25.2. The SMILES string of the molecule is COc1ccc(NC(=O)CCN2CCCc3ccccc32)c([N+](=O)[O-])c1. The number of nitrogens with zero attached hydrogens (tertiary/aromatic N) is 2. The maximum Gasteiger partial charge on any atom is 0.296 e. The third-order valence-electron chi connectivity index (χ3n) is 4.49. The van der Waals surface area contributed by atoms with Gasteiger partial charge in [-0.3, -0.25) is 14.9 Å². The molecule has 2 aromatic rings. The minimum absolute atomic E-state index is 0.180. The van der Waals surface area contributed by atoms with E-state index in [1.54, 1.807) is 6.07 Å². The van der Waals surface area contributed by atoms with Gasteiger partial charge >= 0.3 is 0 Å². The van der Waals surface area contributed by atoms with Crippen LogP contribution in [0.15, 0.2) is 42.5 Å². The van der Waals surface area contributed by atoms with Crippen LogP contribution in [0.25, 0.3) is 0 Å². The Morgan fingerprint density at radius 2 is 2.12 bits per heavy atom. The largest absolute Gasteiger partial charge is 0.496 e. The first kappa shape index (κ1) is 17.7. The van der Waals surface area contributed by atoms with E-state index < -0.39 is 4.92 Å². The van der Waals surface area contributed by atoms with Crippen molar-refractivity contribution in [2.45, 2.75) is 19.3 Å². The molecule has 26 heavy (non-hydrogen) atoms. The van der Waals surface area contributed by atoms with Crippen molar-refractivity contribution in [1.29, 1.82) is 0 Å². The number of nitro benzene ring substituents is 1. The molecule has 1 N–H and O–H groups in total. The van der Waals surface area contributed by atoms with E-state index in [4.69, 9.17) is 4.74 Å². The van der Waals surface area contributed by atoms with E-state index in [0.29, 0.717) is 12.3 Å². The van der Waals surface area contributed by atoms with Gasteiger partial charge in [-0.25, -0.2) is 0 Å². The van der Waals surface area contributed by atoms with Gasteiger partial charge in [0.15, 0.2) is 0 Å². The lowest BCUT2D eigenvalue weighted by Crippen LogP contribution is -2.32. The standard InChI is InChI=1S/C19H21N3O4/c1-26-15-8-9-16(18(13-15)22(24)25)20-19(23)10-12-21-11-4-6-14-5-2-3-7-17(14)21/h2-3,5,7-9,13H,4,6,10-12H2,1H3,(H,20,23). The quantitative estimate of drug-likeness (QED) is 0.634. The predicted octanol–water partition coefficient (Wildman–Crippen LogP) is 3.38. The first-order valence-corrected chi connectivity index (χ1v) is 8.53. The van der Waals surface area contributed by atoms with Crippen molar-refractivity contribution in [2.24, 2.45) is 0 Å². The Morgan fingerprint density at radius 1 is 1.31 bits per heavy atom. The first-order valence-electron chi connectivity index (χ1n) is 8.53. The highest BCUT2D eigenvalue weighted by atomic mass is 16.6. The molecule has 0 spiro atoms. The minimum Gasteiger partial charge on any atom is -0.496 e. The number of methoxy groups -OCH3 is 1. The molecule has 0 fully saturated rings. The van der Waals surface area contributed by atoms with E-state index in [1.807, 2.05) is 12.1 Å². The summed E-state index contributed by atoms with van der Waals surface area (Å²) in [6, 6.07) is 12.6. The van der Waals surface area contributed by atoms with Crippen LogP contribution in [-0.4, -0.2) is 31.0 Å². The molecule has 0 aliphatic carbocycles. The number of hydrogen-bond acceptors (Lipinski definition) is 5. The molecule has 1 aliphatic rings. The van der Waals surface area contributed by atoms with E-state index in [1.165, 1.54) is 30.5 Å². The molecule has 1 heterocycles. The molecule has 0 saturated carbocycles. The Balaban J connectivity index is 1.65. The normalized spacial score (nSPS) is 13.0. The molecule has 1 amide bonds. The van der Waals surface area contributed by atoms with Crippen LogP contribution in [0, 0.1) is 10.1 Å². The molecule has 0 aromatic heterocycles. The van der Waals surface area contributed by atoms with Crippen LogP contribution in [0.3, 0.4) is 0 Å². The average Bonchev–Trinajstić information content (AvgIpc) is 2.66. The number of para-hydroxylation sites is 1. The number of nitrogens with one attached hydrogen (secondary N) is 1. The monoisotopic (exact) mass is 355 g/mol. The van der Waals surface area contributed by atoms with Gasteiger partial charge < -0.3 is 15.0 Å². The molecule has 7 heteroatoms. The number of carbonyl (C=O) groups excluding carboxylic acids is 1. The number of aryl methyl sites for hydroxylation is 1. The highest BCUT2D eigenvalue weighted by Gasteiger charge is 2.19. The number of hydrogen-bond donors (Lipinski definition) is 1. The molecule has 7 nitrogen and oxygen atoms in total. The lowest BCUT2D eigenvalue weighted by atomic mass is 10.0. The summed E-state index contributed by atoms with van der Waals surface area (Å²) >= 11 is 0. The van der Waals surface area contributed by atoms with Crippen molar-refractivity contribution in [3.63, 3.8) is 0 Å². The van der Waals surface area contributed by atoms with Gasteiger partial charge in [-0.2, -0.15) is 0 Å². The zero-order valence-electron chi connectivity index (χ0n) is 14.6. The van der Waals surface area contributed by atoms with Gasteiger partial charge in [-0.1, -0.05) is 18.2 Å². The second kappa shape index (κ2) is 7.86. The Kier molecular flexibility index (Phi) is 5.36. The topological polar surface area (TPSA) is 84.7 Å². The smallest absolute Gasteiger partial charge is 0.296 e. The Morgan fingerprint density at radius 3 is 2.88 bits per heavy atom. The van der Waals surface area contributed by atoms with Crippen molar-refractivity contribution in [1.82, 2.24) is 0 Å². The zero-order valence-corrected chi connectivity index (χ0v) is 14.6. The minimum atomic E-state index is -0.529. The molecule has 0 bridgehead atoms. The van der Waals surface area contributed by atoms with Crippen LogP contribution in [0.1, 0.15) is 18.4 Å². The maximum atomic E-state index is 12.3. The van der Waals surface area contributed by atoms with E-state index in [-0.39, 0.29) is 23.7 Å². The Labute approximate surface area is 151 Å². The Bertz CT molecular complexity index is 822. The van der Waals surface area contributed by atoms with Crippen LogP contribution in [0.5, 0.6) is 5.75 Å². The number of carbonyl (C=O) groups is 1. The average molecular weight is 355 g/mol. The van der Waals surface area contributed by atoms with Gasteiger partial charge in [0.1, 0.15) is 11.4 Å². The molecule has 3 rings (SSSR count). The summed E-state index contributed by atoms with van der Waals surface area (Å²) < 4.78 is 5.00. The Hall–Kier alpha value is -3.09. The van der Waals surface area contributed by atoms with Crippen molar-refractivity contribution >= 4 is 23.0 Å². The lowest BCUT2D eigenvalue weighted by Gasteiger charge is -2.31. The molecular weight excluding hydrogens is 334 g/mol. The number of anilines is 2. The van der Waals surface area contributed by atoms with Crippen molar-refractivity contribution in [2.75, 3.05) is 30.4 Å². The van der Waals surface area contributed by atoms with E-state index >= 15 is 0 Å².